The van der Waals surface area contributed by atoms with Gasteiger partial charge in [0.2, 0.25) is 0 Å². The first-order valence-corrected chi connectivity index (χ1v) is 10.9. The molecule has 2 fully saturated rings. The molecule has 1 aromatic heterocycles. The normalized spacial score (nSPS) is 20.7. The van der Waals surface area contributed by atoms with Gasteiger partial charge in [-0.05, 0) is 35.9 Å². The zero-order valence-electron chi connectivity index (χ0n) is 18.4. The number of aliphatic hydroxyl groups excluding tert-OH is 1. The molecule has 4 rings (SSSR count). The Morgan fingerprint density at radius 1 is 1.18 bits per heavy atom. The Hall–Kier alpha value is -3.49. The summed E-state index contributed by atoms with van der Waals surface area (Å²) in [7, 11) is 0. The highest BCUT2D eigenvalue weighted by atomic mass is 16.5. The van der Waals surface area contributed by atoms with Crippen LogP contribution in [0, 0.1) is 0 Å². The second kappa shape index (κ2) is 10.4. The predicted molar refractivity (Wildman–Crippen MR) is 123 cm³/mol. The Morgan fingerprint density at radius 3 is 2.61 bits per heavy atom. The van der Waals surface area contributed by atoms with Gasteiger partial charge < -0.3 is 19.5 Å². The SMILES string of the molecule is C=CCOc1ccc(/C(O)=C2\C(=O)C(=O)N(CCN3CCOCC3)[C@@H]2c2cccnc2)cc1. The van der Waals surface area contributed by atoms with Gasteiger partial charge in [-0.2, -0.15) is 0 Å². The van der Waals surface area contributed by atoms with E-state index in [1.165, 1.54) is 4.90 Å². The van der Waals surface area contributed by atoms with Crippen LogP contribution in [0.25, 0.3) is 5.76 Å². The van der Waals surface area contributed by atoms with E-state index in [1.54, 1.807) is 48.8 Å². The average molecular weight is 450 g/mol. The van der Waals surface area contributed by atoms with Crippen molar-refractivity contribution in [2.24, 2.45) is 0 Å². The number of aromatic nitrogens is 1. The van der Waals surface area contributed by atoms with Crippen LogP contribution in [0.4, 0.5) is 0 Å². The Labute approximate surface area is 192 Å². The first-order valence-electron chi connectivity index (χ1n) is 10.9. The lowest BCUT2D eigenvalue weighted by atomic mass is 9.96. The summed E-state index contributed by atoms with van der Waals surface area (Å²) in [5.74, 6) is -0.924. The van der Waals surface area contributed by atoms with Gasteiger partial charge in [-0.1, -0.05) is 18.7 Å². The van der Waals surface area contributed by atoms with Gasteiger partial charge >= 0.3 is 0 Å². The van der Waals surface area contributed by atoms with Crippen molar-refractivity contribution in [3.63, 3.8) is 0 Å². The minimum atomic E-state index is -0.712. The van der Waals surface area contributed by atoms with E-state index in [-0.39, 0.29) is 11.3 Å². The molecule has 0 bridgehead atoms. The fourth-order valence-electron chi connectivity index (χ4n) is 4.09. The predicted octanol–water partition coefficient (Wildman–Crippen LogP) is 2.40. The quantitative estimate of drug-likeness (QED) is 0.286. The summed E-state index contributed by atoms with van der Waals surface area (Å²) >= 11 is 0. The van der Waals surface area contributed by atoms with Crippen molar-refractivity contribution in [3.05, 3.63) is 78.1 Å². The van der Waals surface area contributed by atoms with Crippen molar-refractivity contribution in [2.45, 2.75) is 6.04 Å². The molecule has 1 N–H and O–H groups in total. The van der Waals surface area contributed by atoms with E-state index in [1.807, 2.05) is 6.07 Å². The fraction of sp³-hybridized carbons (Fsp3) is 0.320. The van der Waals surface area contributed by atoms with Crippen molar-refractivity contribution in [1.82, 2.24) is 14.8 Å². The van der Waals surface area contributed by atoms with Gasteiger partial charge in [-0.15, -0.1) is 0 Å². The minimum Gasteiger partial charge on any atom is -0.507 e. The van der Waals surface area contributed by atoms with Crippen LogP contribution in [0.3, 0.4) is 0 Å². The van der Waals surface area contributed by atoms with Gasteiger partial charge in [0.15, 0.2) is 0 Å². The maximum absolute atomic E-state index is 13.1. The van der Waals surface area contributed by atoms with E-state index in [2.05, 4.69) is 16.5 Å². The van der Waals surface area contributed by atoms with Crippen molar-refractivity contribution in [2.75, 3.05) is 46.0 Å². The third-order valence-electron chi connectivity index (χ3n) is 5.80. The van der Waals surface area contributed by atoms with E-state index < -0.39 is 17.7 Å². The molecule has 8 heteroatoms. The van der Waals surface area contributed by atoms with Crippen LogP contribution in [0.5, 0.6) is 5.75 Å². The number of Topliss-reactive ketones (excluding diaryl/α,β-unsaturated/α-hetero) is 1. The summed E-state index contributed by atoms with van der Waals surface area (Å²) < 4.78 is 10.9. The molecule has 0 radical (unpaired) electrons. The first-order chi connectivity index (χ1) is 16.1. The summed E-state index contributed by atoms with van der Waals surface area (Å²) in [5.41, 5.74) is 1.17. The Balaban J connectivity index is 1.66. The van der Waals surface area contributed by atoms with Gasteiger partial charge in [0.05, 0.1) is 24.8 Å². The number of amides is 1. The molecule has 1 aromatic carbocycles. The number of rotatable bonds is 8. The molecule has 3 heterocycles. The van der Waals surface area contributed by atoms with Crippen LogP contribution < -0.4 is 4.74 Å². The second-order valence-corrected chi connectivity index (χ2v) is 7.86. The number of ketones is 1. The van der Waals surface area contributed by atoms with E-state index in [0.717, 1.165) is 13.1 Å². The Bertz CT molecular complexity index is 1030. The smallest absolute Gasteiger partial charge is 0.295 e. The number of ether oxygens (including phenoxy) is 2. The molecule has 2 aromatic rings. The lowest BCUT2D eigenvalue weighted by Gasteiger charge is -2.30. The summed E-state index contributed by atoms with van der Waals surface area (Å²) in [4.78, 5) is 34.0. The zero-order valence-corrected chi connectivity index (χ0v) is 18.4. The average Bonchev–Trinajstić information content (AvgIpc) is 3.12. The maximum Gasteiger partial charge on any atom is 0.295 e. The number of pyridine rings is 1. The van der Waals surface area contributed by atoms with Gasteiger partial charge in [-0.3, -0.25) is 19.5 Å². The molecule has 172 valence electrons. The molecular weight excluding hydrogens is 422 g/mol. The highest BCUT2D eigenvalue weighted by molar-refractivity contribution is 6.46. The number of hydrogen-bond donors (Lipinski definition) is 1. The van der Waals surface area contributed by atoms with Gasteiger partial charge in [0, 0.05) is 44.1 Å². The Kier molecular flexibility index (Phi) is 7.16. The number of nitrogens with zero attached hydrogens (tertiary/aromatic N) is 3. The van der Waals surface area contributed by atoms with E-state index in [0.29, 0.717) is 49.8 Å². The summed E-state index contributed by atoms with van der Waals surface area (Å²) in [6.45, 7) is 7.81. The maximum atomic E-state index is 13.1. The number of aliphatic hydroxyl groups is 1. The number of carbonyl (C=O) groups excluding carboxylic acids is 2. The molecule has 1 atom stereocenters. The molecular formula is C25H27N3O5. The Morgan fingerprint density at radius 2 is 1.94 bits per heavy atom. The van der Waals surface area contributed by atoms with E-state index in [9.17, 15) is 14.7 Å². The summed E-state index contributed by atoms with van der Waals surface area (Å²) in [5, 5.41) is 11.1. The molecule has 0 saturated carbocycles. The van der Waals surface area contributed by atoms with Crippen LogP contribution in [0.1, 0.15) is 17.2 Å². The summed E-state index contributed by atoms with van der Waals surface area (Å²) in [6.07, 6.45) is 4.89. The van der Waals surface area contributed by atoms with Crippen LogP contribution in [0.15, 0.2) is 67.0 Å². The van der Waals surface area contributed by atoms with E-state index >= 15 is 0 Å². The number of carbonyl (C=O) groups is 2. The standard InChI is InChI=1S/C25H27N3O5/c1-2-14-33-20-7-5-18(6-8-20)23(29)21-22(19-4-3-9-26-17-19)28(25(31)24(21)30)11-10-27-12-15-32-16-13-27/h2-9,17,22,29H,1,10-16H2/b23-21+/t22-/m1/s1. The number of morpholine rings is 1. The second-order valence-electron chi connectivity index (χ2n) is 7.86. The molecule has 2 saturated heterocycles. The summed E-state index contributed by atoms with van der Waals surface area (Å²) in [6, 6.07) is 9.58. The van der Waals surface area contributed by atoms with Crippen LogP contribution >= 0.6 is 0 Å². The topological polar surface area (TPSA) is 92.2 Å². The van der Waals surface area contributed by atoms with E-state index in [4.69, 9.17) is 9.47 Å². The highest BCUT2D eigenvalue weighted by Gasteiger charge is 2.46. The molecule has 0 unspecified atom stereocenters. The molecule has 0 spiro atoms. The van der Waals surface area contributed by atoms with Crippen LogP contribution in [-0.2, 0) is 14.3 Å². The number of benzene rings is 1. The lowest BCUT2D eigenvalue weighted by Crippen LogP contribution is -2.42. The molecule has 0 aliphatic carbocycles. The van der Waals surface area contributed by atoms with Crippen molar-refractivity contribution < 1.29 is 24.2 Å². The van der Waals surface area contributed by atoms with Gasteiger partial charge in [0.25, 0.3) is 11.7 Å². The third kappa shape index (κ3) is 4.97. The third-order valence-corrected chi connectivity index (χ3v) is 5.80. The monoisotopic (exact) mass is 449 g/mol. The number of hydrogen-bond acceptors (Lipinski definition) is 7. The van der Waals surface area contributed by atoms with Crippen LogP contribution in [-0.4, -0.2) is 77.6 Å². The molecule has 2 aliphatic rings. The zero-order chi connectivity index (χ0) is 23.2. The fourth-order valence-corrected chi connectivity index (χ4v) is 4.09. The van der Waals surface area contributed by atoms with Crippen molar-refractivity contribution in [3.8, 4) is 5.75 Å². The van der Waals surface area contributed by atoms with Gasteiger partial charge in [0.1, 0.15) is 18.1 Å². The largest absolute Gasteiger partial charge is 0.507 e. The first kappa shape index (κ1) is 22.7. The number of likely N-dealkylation sites (tertiary alicyclic amines) is 1. The lowest BCUT2D eigenvalue weighted by molar-refractivity contribution is -0.140. The molecule has 2 aliphatic heterocycles. The van der Waals surface area contributed by atoms with Crippen molar-refractivity contribution >= 4 is 17.4 Å². The van der Waals surface area contributed by atoms with Crippen molar-refractivity contribution in [1.29, 1.82) is 0 Å². The molecule has 1 amide bonds. The molecule has 8 nitrogen and oxygen atoms in total. The molecule has 33 heavy (non-hydrogen) atoms. The van der Waals surface area contributed by atoms with Gasteiger partial charge in [-0.25, -0.2) is 0 Å². The highest BCUT2D eigenvalue weighted by Crippen LogP contribution is 2.39. The van der Waals surface area contributed by atoms with Crippen LogP contribution in [0.2, 0.25) is 0 Å². The minimum absolute atomic E-state index is 0.0646.